The van der Waals surface area contributed by atoms with Crippen molar-refractivity contribution in [2.45, 2.75) is 26.3 Å². The summed E-state index contributed by atoms with van der Waals surface area (Å²) in [5, 5.41) is 6.75. The first-order valence-electron chi connectivity index (χ1n) is 5.23. The number of rotatable bonds is 2. The van der Waals surface area contributed by atoms with E-state index in [0.29, 0.717) is 6.04 Å². The van der Waals surface area contributed by atoms with Crippen LogP contribution in [0.15, 0.2) is 5.38 Å². The van der Waals surface area contributed by atoms with E-state index in [9.17, 15) is 0 Å². The maximum atomic E-state index is 4.62. The van der Waals surface area contributed by atoms with Crippen LogP contribution in [0.3, 0.4) is 0 Å². The Labute approximate surface area is 89.1 Å². The van der Waals surface area contributed by atoms with Crippen molar-refractivity contribution in [3.63, 3.8) is 0 Å². The molecule has 0 radical (unpaired) electrons. The molecule has 1 fully saturated rings. The molecule has 14 heavy (non-hydrogen) atoms. The highest BCUT2D eigenvalue weighted by atomic mass is 32.1. The maximum Gasteiger partial charge on any atom is 0.185 e. The smallest absolute Gasteiger partial charge is 0.185 e. The van der Waals surface area contributed by atoms with Crippen molar-refractivity contribution in [3.05, 3.63) is 11.1 Å². The zero-order valence-corrected chi connectivity index (χ0v) is 9.60. The molecule has 0 amide bonds. The third-order valence-corrected chi connectivity index (χ3v) is 3.58. The van der Waals surface area contributed by atoms with Crippen LogP contribution in [-0.2, 0) is 6.42 Å². The summed E-state index contributed by atoms with van der Waals surface area (Å²) in [4.78, 5) is 7.02. The Kier molecular flexibility index (Phi) is 3.03. The Hall–Kier alpha value is -0.610. The molecule has 1 atom stereocenters. The molecule has 1 aliphatic heterocycles. The van der Waals surface area contributed by atoms with Gasteiger partial charge in [-0.2, -0.15) is 0 Å². The van der Waals surface area contributed by atoms with Crippen LogP contribution in [-0.4, -0.2) is 30.7 Å². The molecule has 1 aliphatic rings. The lowest BCUT2D eigenvalue weighted by Gasteiger charge is -2.33. The maximum absolute atomic E-state index is 4.62. The number of aryl methyl sites for hydroxylation is 1. The number of nitrogens with zero attached hydrogens (tertiary/aromatic N) is 2. The van der Waals surface area contributed by atoms with E-state index in [2.05, 4.69) is 34.4 Å². The summed E-state index contributed by atoms with van der Waals surface area (Å²) in [7, 11) is 0. The largest absolute Gasteiger partial charge is 0.343 e. The van der Waals surface area contributed by atoms with Gasteiger partial charge in [-0.3, -0.25) is 0 Å². The van der Waals surface area contributed by atoms with Gasteiger partial charge in [-0.25, -0.2) is 4.98 Å². The van der Waals surface area contributed by atoms with E-state index in [-0.39, 0.29) is 0 Å². The summed E-state index contributed by atoms with van der Waals surface area (Å²) in [5.74, 6) is 0. The van der Waals surface area contributed by atoms with E-state index in [0.717, 1.165) is 26.1 Å². The summed E-state index contributed by atoms with van der Waals surface area (Å²) in [5.41, 5.74) is 1.22. The number of nitrogens with one attached hydrogen (secondary N) is 1. The third kappa shape index (κ3) is 1.91. The van der Waals surface area contributed by atoms with Crippen LogP contribution in [0.25, 0.3) is 0 Å². The lowest BCUT2D eigenvalue weighted by Crippen LogP contribution is -2.49. The molecule has 1 aromatic heterocycles. The van der Waals surface area contributed by atoms with Crippen molar-refractivity contribution in [2.75, 3.05) is 24.5 Å². The topological polar surface area (TPSA) is 28.2 Å². The SMILES string of the molecule is CCc1csc(N2CCNCC2C)n1. The highest BCUT2D eigenvalue weighted by molar-refractivity contribution is 7.13. The quantitative estimate of drug-likeness (QED) is 0.803. The molecule has 1 aromatic rings. The summed E-state index contributed by atoms with van der Waals surface area (Å²) >= 11 is 1.77. The van der Waals surface area contributed by atoms with E-state index in [1.807, 2.05) is 0 Å². The van der Waals surface area contributed by atoms with Gasteiger partial charge in [0.1, 0.15) is 0 Å². The first-order chi connectivity index (χ1) is 6.81. The van der Waals surface area contributed by atoms with Gasteiger partial charge in [-0.05, 0) is 13.3 Å². The van der Waals surface area contributed by atoms with Gasteiger partial charge < -0.3 is 10.2 Å². The van der Waals surface area contributed by atoms with Gasteiger partial charge in [0.15, 0.2) is 5.13 Å². The van der Waals surface area contributed by atoms with Crippen molar-refractivity contribution >= 4 is 16.5 Å². The van der Waals surface area contributed by atoms with Crippen LogP contribution in [0.5, 0.6) is 0 Å². The third-order valence-electron chi connectivity index (χ3n) is 2.65. The molecule has 0 spiro atoms. The highest BCUT2D eigenvalue weighted by Gasteiger charge is 2.20. The molecule has 2 heterocycles. The monoisotopic (exact) mass is 211 g/mol. The van der Waals surface area contributed by atoms with Crippen LogP contribution < -0.4 is 10.2 Å². The lowest BCUT2D eigenvalue weighted by atomic mass is 10.2. The Morgan fingerprint density at radius 2 is 2.57 bits per heavy atom. The van der Waals surface area contributed by atoms with Gasteiger partial charge in [0.2, 0.25) is 0 Å². The van der Waals surface area contributed by atoms with Crippen LogP contribution in [0.4, 0.5) is 5.13 Å². The minimum absolute atomic E-state index is 0.569. The summed E-state index contributed by atoms with van der Waals surface area (Å²) in [6.45, 7) is 7.63. The molecular weight excluding hydrogens is 194 g/mol. The van der Waals surface area contributed by atoms with Crippen molar-refractivity contribution in [1.82, 2.24) is 10.3 Å². The van der Waals surface area contributed by atoms with Crippen LogP contribution >= 0.6 is 11.3 Å². The van der Waals surface area contributed by atoms with E-state index in [1.165, 1.54) is 10.8 Å². The molecule has 0 aliphatic carbocycles. The molecule has 1 unspecified atom stereocenters. The second kappa shape index (κ2) is 4.28. The Morgan fingerprint density at radius 3 is 3.21 bits per heavy atom. The highest BCUT2D eigenvalue weighted by Crippen LogP contribution is 2.23. The fraction of sp³-hybridized carbons (Fsp3) is 0.700. The fourth-order valence-electron chi connectivity index (χ4n) is 1.72. The predicted molar refractivity (Wildman–Crippen MR) is 61.2 cm³/mol. The fourth-order valence-corrected chi connectivity index (χ4v) is 2.75. The number of thiazole rings is 1. The van der Waals surface area contributed by atoms with Crippen molar-refractivity contribution < 1.29 is 0 Å². The van der Waals surface area contributed by atoms with Crippen molar-refractivity contribution in [2.24, 2.45) is 0 Å². The average molecular weight is 211 g/mol. The average Bonchev–Trinajstić information content (AvgIpc) is 2.67. The zero-order chi connectivity index (χ0) is 9.97. The second-order valence-corrected chi connectivity index (χ2v) is 4.56. The van der Waals surface area contributed by atoms with E-state index < -0.39 is 0 Å². The van der Waals surface area contributed by atoms with Gasteiger partial charge in [0.05, 0.1) is 5.69 Å². The van der Waals surface area contributed by atoms with E-state index in [1.54, 1.807) is 11.3 Å². The molecule has 0 saturated carbocycles. The lowest BCUT2D eigenvalue weighted by molar-refractivity contribution is 0.500. The molecule has 0 aromatic carbocycles. The second-order valence-electron chi connectivity index (χ2n) is 3.72. The molecule has 4 heteroatoms. The van der Waals surface area contributed by atoms with Crippen LogP contribution in [0.1, 0.15) is 19.5 Å². The molecule has 2 rings (SSSR count). The Morgan fingerprint density at radius 1 is 1.71 bits per heavy atom. The molecule has 1 N–H and O–H groups in total. The predicted octanol–water partition coefficient (Wildman–Crippen LogP) is 1.50. The van der Waals surface area contributed by atoms with Crippen molar-refractivity contribution in [3.8, 4) is 0 Å². The minimum atomic E-state index is 0.569. The van der Waals surface area contributed by atoms with Gasteiger partial charge >= 0.3 is 0 Å². The first-order valence-corrected chi connectivity index (χ1v) is 6.11. The van der Waals surface area contributed by atoms with Crippen LogP contribution in [0.2, 0.25) is 0 Å². The zero-order valence-electron chi connectivity index (χ0n) is 8.79. The van der Waals surface area contributed by atoms with Gasteiger partial charge in [-0.1, -0.05) is 6.92 Å². The summed E-state index contributed by atoms with van der Waals surface area (Å²) in [6, 6.07) is 0.569. The Balaban J connectivity index is 2.12. The number of anilines is 1. The number of aromatic nitrogens is 1. The molecule has 0 bridgehead atoms. The molecular formula is C10H17N3S. The first kappa shape index (κ1) is 9.93. The summed E-state index contributed by atoms with van der Waals surface area (Å²) < 4.78 is 0. The summed E-state index contributed by atoms with van der Waals surface area (Å²) in [6.07, 6.45) is 1.04. The van der Waals surface area contributed by atoms with Gasteiger partial charge in [0, 0.05) is 31.1 Å². The number of hydrogen-bond donors (Lipinski definition) is 1. The van der Waals surface area contributed by atoms with Crippen LogP contribution in [0, 0.1) is 0 Å². The van der Waals surface area contributed by atoms with E-state index in [4.69, 9.17) is 0 Å². The van der Waals surface area contributed by atoms with E-state index >= 15 is 0 Å². The molecule has 1 saturated heterocycles. The van der Waals surface area contributed by atoms with Gasteiger partial charge in [-0.15, -0.1) is 11.3 Å². The number of hydrogen-bond acceptors (Lipinski definition) is 4. The van der Waals surface area contributed by atoms with Gasteiger partial charge in [0.25, 0.3) is 0 Å². The molecule has 78 valence electrons. The normalized spacial score (nSPS) is 22.7. The molecule has 3 nitrogen and oxygen atoms in total. The van der Waals surface area contributed by atoms with Crippen molar-refractivity contribution in [1.29, 1.82) is 0 Å². The minimum Gasteiger partial charge on any atom is -0.343 e. The Bertz CT molecular complexity index is 297. The number of piperazine rings is 1. The standard InChI is InChI=1S/C10H17N3S/c1-3-9-7-14-10(12-9)13-5-4-11-6-8(13)2/h7-8,11H,3-6H2,1-2H3.